The van der Waals surface area contributed by atoms with Crippen LogP contribution in [0.4, 0.5) is 5.69 Å². The molecule has 25 heavy (non-hydrogen) atoms. The first kappa shape index (κ1) is 16.6. The minimum atomic E-state index is -0.475. The molecule has 9 heteroatoms. The van der Waals surface area contributed by atoms with Gasteiger partial charge in [-0.2, -0.15) is 5.10 Å². The lowest BCUT2D eigenvalue weighted by Crippen LogP contribution is -2.41. The Bertz CT molecular complexity index is 806. The van der Waals surface area contributed by atoms with Crippen LogP contribution >= 0.6 is 0 Å². The van der Waals surface area contributed by atoms with Crippen LogP contribution in [0.3, 0.4) is 0 Å². The van der Waals surface area contributed by atoms with Gasteiger partial charge in [0.2, 0.25) is 5.91 Å². The number of nitrogens with two attached hydrogens (primary N) is 1. The standard InChI is InChI=1S/C16H17N5O4/c17-15(22)11-5-8-19(9-6-11)16(23)14-7-10-20(18-14)12-1-3-13(4-2-12)21(24)25/h1-4,7,10-11H,5-6,8-9H2,(H2,17,22). The molecule has 1 aromatic heterocycles. The minimum absolute atomic E-state index is 0.00970. The summed E-state index contributed by atoms with van der Waals surface area (Å²) in [4.78, 5) is 35.6. The van der Waals surface area contributed by atoms with Crippen molar-refractivity contribution in [3.63, 3.8) is 0 Å². The van der Waals surface area contributed by atoms with Gasteiger partial charge in [-0.1, -0.05) is 0 Å². The van der Waals surface area contributed by atoms with Crippen molar-refractivity contribution < 1.29 is 14.5 Å². The maximum absolute atomic E-state index is 12.5. The van der Waals surface area contributed by atoms with Crippen LogP contribution in [0.25, 0.3) is 5.69 Å². The molecule has 2 aromatic rings. The highest BCUT2D eigenvalue weighted by Gasteiger charge is 2.27. The molecule has 0 bridgehead atoms. The van der Waals surface area contributed by atoms with Crippen LogP contribution in [0, 0.1) is 16.0 Å². The van der Waals surface area contributed by atoms with Crippen molar-refractivity contribution in [2.24, 2.45) is 11.7 Å². The van der Waals surface area contributed by atoms with Crippen molar-refractivity contribution in [1.82, 2.24) is 14.7 Å². The van der Waals surface area contributed by atoms with E-state index in [2.05, 4.69) is 5.10 Å². The van der Waals surface area contributed by atoms with Crippen LogP contribution in [0.15, 0.2) is 36.5 Å². The highest BCUT2D eigenvalue weighted by atomic mass is 16.6. The van der Waals surface area contributed by atoms with Gasteiger partial charge in [-0.3, -0.25) is 19.7 Å². The lowest BCUT2D eigenvalue weighted by Gasteiger charge is -2.29. The fourth-order valence-corrected chi connectivity index (χ4v) is 2.84. The molecule has 0 saturated carbocycles. The number of carbonyl (C=O) groups is 2. The Kier molecular flexibility index (Phi) is 4.46. The Morgan fingerprint density at radius 3 is 2.36 bits per heavy atom. The second-order valence-electron chi connectivity index (χ2n) is 5.89. The maximum atomic E-state index is 12.5. The van der Waals surface area contributed by atoms with E-state index in [9.17, 15) is 19.7 Å². The number of nitro benzene ring substituents is 1. The number of amides is 2. The van der Waals surface area contributed by atoms with E-state index in [0.717, 1.165) is 0 Å². The molecule has 1 aromatic carbocycles. The number of hydrogen-bond donors (Lipinski definition) is 1. The lowest BCUT2D eigenvalue weighted by molar-refractivity contribution is -0.384. The maximum Gasteiger partial charge on any atom is 0.274 e. The smallest absolute Gasteiger partial charge is 0.274 e. The molecule has 0 aliphatic carbocycles. The van der Waals surface area contributed by atoms with E-state index in [1.165, 1.54) is 16.8 Å². The second-order valence-corrected chi connectivity index (χ2v) is 5.89. The van der Waals surface area contributed by atoms with Crippen molar-refractivity contribution in [2.75, 3.05) is 13.1 Å². The Hall–Kier alpha value is -3.23. The molecule has 1 fully saturated rings. The van der Waals surface area contributed by atoms with Gasteiger partial charge in [0.05, 0.1) is 10.6 Å². The number of likely N-dealkylation sites (tertiary alicyclic amines) is 1. The molecule has 130 valence electrons. The van der Waals surface area contributed by atoms with Gasteiger partial charge in [0.15, 0.2) is 5.69 Å². The van der Waals surface area contributed by atoms with Gasteiger partial charge in [0.1, 0.15) is 0 Å². The fraction of sp³-hybridized carbons (Fsp3) is 0.312. The van der Waals surface area contributed by atoms with Crippen LogP contribution in [0.5, 0.6) is 0 Å². The molecule has 2 N–H and O–H groups in total. The van der Waals surface area contributed by atoms with Crippen LogP contribution in [-0.4, -0.2) is 44.5 Å². The summed E-state index contributed by atoms with van der Waals surface area (Å²) in [5.74, 6) is -0.708. The monoisotopic (exact) mass is 343 g/mol. The van der Waals surface area contributed by atoms with Crippen LogP contribution in [-0.2, 0) is 4.79 Å². The summed E-state index contributed by atoms with van der Waals surface area (Å²) < 4.78 is 1.49. The Balaban J connectivity index is 1.70. The van der Waals surface area contributed by atoms with E-state index in [4.69, 9.17) is 5.73 Å². The first-order chi connectivity index (χ1) is 12.0. The van der Waals surface area contributed by atoms with Gasteiger partial charge < -0.3 is 10.6 Å². The molecular weight excluding hydrogens is 326 g/mol. The first-order valence-electron chi connectivity index (χ1n) is 7.85. The van der Waals surface area contributed by atoms with Gasteiger partial charge >= 0.3 is 0 Å². The summed E-state index contributed by atoms with van der Waals surface area (Å²) in [5.41, 5.74) is 6.20. The zero-order chi connectivity index (χ0) is 18.0. The molecule has 0 radical (unpaired) electrons. The van der Waals surface area contributed by atoms with Crippen molar-refractivity contribution >= 4 is 17.5 Å². The molecule has 1 aliphatic heterocycles. The lowest BCUT2D eigenvalue weighted by atomic mass is 9.96. The van der Waals surface area contributed by atoms with E-state index >= 15 is 0 Å². The predicted molar refractivity (Wildman–Crippen MR) is 88.0 cm³/mol. The number of non-ortho nitro benzene ring substituents is 1. The van der Waals surface area contributed by atoms with E-state index < -0.39 is 4.92 Å². The highest BCUT2D eigenvalue weighted by Crippen LogP contribution is 2.19. The van der Waals surface area contributed by atoms with Gasteiger partial charge in [-0.25, -0.2) is 4.68 Å². The number of hydrogen-bond acceptors (Lipinski definition) is 5. The van der Waals surface area contributed by atoms with Gasteiger partial charge in [-0.05, 0) is 31.0 Å². The average Bonchev–Trinajstić information content (AvgIpc) is 3.11. The van der Waals surface area contributed by atoms with Crippen molar-refractivity contribution in [2.45, 2.75) is 12.8 Å². The minimum Gasteiger partial charge on any atom is -0.369 e. The Labute approximate surface area is 143 Å². The number of piperidine rings is 1. The summed E-state index contributed by atoms with van der Waals surface area (Å²) in [6.45, 7) is 0.938. The normalized spacial score (nSPS) is 15.1. The quantitative estimate of drug-likeness (QED) is 0.658. The van der Waals surface area contributed by atoms with E-state index in [-0.39, 0.29) is 29.1 Å². The second kappa shape index (κ2) is 6.71. The van der Waals surface area contributed by atoms with Gasteiger partial charge in [-0.15, -0.1) is 0 Å². The summed E-state index contributed by atoms with van der Waals surface area (Å²) in [6, 6.07) is 7.50. The van der Waals surface area contributed by atoms with Gasteiger partial charge in [0.25, 0.3) is 11.6 Å². The fourth-order valence-electron chi connectivity index (χ4n) is 2.84. The molecule has 1 saturated heterocycles. The van der Waals surface area contributed by atoms with E-state index in [1.807, 2.05) is 0 Å². The number of benzene rings is 1. The summed E-state index contributed by atoms with van der Waals surface area (Å²) in [6.07, 6.45) is 2.75. The number of aromatic nitrogens is 2. The van der Waals surface area contributed by atoms with E-state index in [1.54, 1.807) is 29.3 Å². The van der Waals surface area contributed by atoms with E-state index in [0.29, 0.717) is 31.6 Å². The number of carbonyl (C=O) groups excluding carboxylic acids is 2. The summed E-state index contributed by atoms with van der Waals surface area (Å²) in [5, 5.41) is 14.9. The van der Waals surface area contributed by atoms with Gasteiger partial charge in [0, 0.05) is 37.3 Å². The largest absolute Gasteiger partial charge is 0.369 e. The molecule has 9 nitrogen and oxygen atoms in total. The molecule has 2 amide bonds. The number of rotatable bonds is 4. The Morgan fingerprint density at radius 1 is 1.16 bits per heavy atom. The summed E-state index contributed by atoms with van der Waals surface area (Å²) in [7, 11) is 0. The molecule has 0 atom stereocenters. The SMILES string of the molecule is NC(=O)C1CCN(C(=O)c2ccn(-c3ccc([N+](=O)[O-])cc3)n2)CC1. The van der Waals surface area contributed by atoms with Crippen molar-refractivity contribution in [3.8, 4) is 5.69 Å². The van der Waals surface area contributed by atoms with Crippen LogP contribution in [0.1, 0.15) is 23.3 Å². The number of primary amides is 1. The summed E-state index contributed by atoms with van der Waals surface area (Å²) >= 11 is 0. The average molecular weight is 343 g/mol. The molecule has 2 heterocycles. The zero-order valence-electron chi connectivity index (χ0n) is 13.4. The Morgan fingerprint density at radius 2 is 1.80 bits per heavy atom. The molecule has 0 unspecified atom stereocenters. The third-order valence-electron chi connectivity index (χ3n) is 4.32. The molecular formula is C16H17N5O4. The molecule has 1 aliphatic rings. The highest BCUT2D eigenvalue weighted by molar-refractivity contribution is 5.92. The number of nitrogens with zero attached hydrogens (tertiary/aromatic N) is 4. The molecule has 3 rings (SSSR count). The third kappa shape index (κ3) is 3.49. The van der Waals surface area contributed by atoms with Crippen LogP contribution < -0.4 is 5.73 Å². The zero-order valence-corrected chi connectivity index (χ0v) is 13.4. The third-order valence-corrected chi connectivity index (χ3v) is 4.32. The molecule has 0 spiro atoms. The van der Waals surface area contributed by atoms with Crippen LogP contribution in [0.2, 0.25) is 0 Å². The number of nitro groups is 1. The topological polar surface area (TPSA) is 124 Å². The first-order valence-corrected chi connectivity index (χ1v) is 7.85. The van der Waals surface area contributed by atoms with Crippen molar-refractivity contribution in [1.29, 1.82) is 0 Å². The predicted octanol–water partition coefficient (Wildman–Crippen LogP) is 1.12. The van der Waals surface area contributed by atoms with Crippen molar-refractivity contribution in [3.05, 3.63) is 52.3 Å².